The van der Waals surface area contributed by atoms with Crippen LogP contribution in [0.1, 0.15) is 75.6 Å². The summed E-state index contributed by atoms with van der Waals surface area (Å²) < 4.78 is 0. The molecule has 1 unspecified atom stereocenters. The fourth-order valence-corrected chi connectivity index (χ4v) is 3.15. The molecule has 1 atom stereocenters. The van der Waals surface area contributed by atoms with Crippen LogP contribution in [0.4, 0.5) is 0 Å². The number of aliphatic hydroxyl groups excluding tert-OH is 1. The molecule has 1 N–H and O–H groups in total. The molecule has 0 saturated heterocycles. The van der Waals surface area contributed by atoms with Crippen molar-refractivity contribution in [3.8, 4) is 0 Å². The van der Waals surface area contributed by atoms with Crippen molar-refractivity contribution in [1.29, 1.82) is 0 Å². The quantitative estimate of drug-likeness (QED) is 0.902. The number of aromatic nitrogens is 2. The standard InChI is InChI=1S/C16H26N2O/c1-10(2)13-5-7-14(8-6-13)16-17-9-15(12(4)19)11(3)18-16/h9-10,12-14,19H,5-8H2,1-4H3. The Morgan fingerprint density at radius 3 is 2.26 bits per heavy atom. The molecule has 2 rings (SSSR count). The van der Waals surface area contributed by atoms with Crippen LogP contribution in [0.3, 0.4) is 0 Å². The highest BCUT2D eigenvalue weighted by molar-refractivity contribution is 5.19. The molecule has 0 bridgehead atoms. The van der Waals surface area contributed by atoms with Gasteiger partial charge in [0.1, 0.15) is 5.82 Å². The molecule has 1 aromatic heterocycles. The third kappa shape index (κ3) is 3.33. The van der Waals surface area contributed by atoms with E-state index in [1.807, 2.05) is 6.92 Å². The molecule has 1 aliphatic carbocycles. The van der Waals surface area contributed by atoms with E-state index in [1.165, 1.54) is 25.7 Å². The molecule has 1 fully saturated rings. The Balaban J connectivity index is 2.06. The number of rotatable bonds is 3. The van der Waals surface area contributed by atoms with E-state index in [2.05, 4.69) is 23.8 Å². The minimum Gasteiger partial charge on any atom is -0.389 e. The average molecular weight is 262 g/mol. The zero-order chi connectivity index (χ0) is 14.0. The average Bonchev–Trinajstić information content (AvgIpc) is 2.38. The summed E-state index contributed by atoms with van der Waals surface area (Å²) in [4.78, 5) is 9.10. The zero-order valence-electron chi connectivity index (χ0n) is 12.6. The summed E-state index contributed by atoms with van der Waals surface area (Å²) in [6, 6.07) is 0. The third-order valence-corrected chi connectivity index (χ3v) is 4.57. The Bertz CT molecular complexity index is 421. The maximum absolute atomic E-state index is 9.62. The van der Waals surface area contributed by atoms with Gasteiger partial charge in [0.15, 0.2) is 0 Å². The van der Waals surface area contributed by atoms with Gasteiger partial charge in [-0.2, -0.15) is 0 Å². The number of nitrogens with zero attached hydrogens (tertiary/aromatic N) is 2. The number of hydrogen-bond acceptors (Lipinski definition) is 3. The summed E-state index contributed by atoms with van der Waals surface area (Å²) in [6.07, 6.45) is 6.32. The van der Waals surface area contributed by atoms with E-state index in [1.54, 1.807) is 13.1 Å². The Labute approximate surface area is 116 Å². The summed E-state index contributed by atoms with van der Waals surface area (Å²) in [5.74, 6) is 3.15. The summed E-state index contributed by atoms with van der Waals surface area (Å²) in [5, 5.41) is 9.62. The van der Waals surface area contributed by atoms with Crippen molar-refractivity contribution in [1.82, 2.24) is 9.97 Å². The van der Waals surface area contributed by atoms with Crippen LogP contribution in [-0.2, 0) is 0 Å². The van der Waals surface area contributed by atoms with Crippen molar-refractivity contribution in [3.63, 3.8) is 0 Å². The minimum absolute atomic E-state index is 0.481. The monoisotopic (exact) mass is 262 g/mol. The van der Waals surface area contributed by atoms with E-state index in [0.717, 1.165) is 28.9 Å². The maximum atomic E-state index is 9.62. The van der Waals surface area contributed by atoms with Crippen molar-refractivity contribution in [2.75, 3.05) is 0 Å². The number of aryl methyl sites for hydroxylation is 1. The lowest BCUT2D eigenvalue weighted by atomic mass is 9.76. The second-order valence-electron chi connectivity index (χ2n) is 6.30. The van der Waals surface area contributed by atoms with E-state index >= 15 is 0 Å². The number of hydrogen-bond donors (Lipinski definition) is 1. The highest BCUT2D eigenvalue weighted by atomic mass is 16.3. The highest BCUT2D eigenvalue weighted by Gasteiger charge is 2.26. The second kappa shape index (κ2) is 6.00. The summed E-state index contributed by atoms with van der Waals surface area (Å²) in [5.41, 5.74) is 1.77. The molecule has 0 amide bonds. The normalized spacial score (nSPS) is 25.6. The topological polar surface area (TPSA) is 46.0 Å². The van der Waals surface area contributed by atoms with Gasteiger partial charge in [-0.15, -0.1) is 0 Å². The fourth-order valence-electron chi connectivity index (χ4n) is 3.15. The van der Waals surface area contributed by atoms with Crippen LogP contribution < -0.4 is 0 Å². The van der Waals surface area contributed by atoms with Crippen LogP contribution in [0, 0.1) is 18.8 Å². The Hall–Kier alpha value is -0.960. The molecule has 1 aliphatic rings. The van der Waals surface area contributed by atoms with Gasteiger partial charge < -0.3 is 5.11 Å². The lowest BCUT2D eigenvalue weighted by molar-refractivity contribution is 0.197. The second-order valence-corrected chi connectivity index (χ2v) is 6.30. The van der Waals surface area contributed by atoms with Gasteiger partial charge in [-0.3, -0.25) is 0 Å². The smallest absolute Gasteiger partial charge is 0.131 e. The van der Waals surface area contributed by atoms with E-state index in [0.29, 0.717) is 5.92 Å². The Morgan fingerprint density at radius 2 is 1.79 bits per heavy atom. The molecule has 3 nitrogen and oxygen atoms in total. The summed E-state index contributed by atoms with van der Waals surface area (Å²) in [7, 11) is 0. The van der Waals surface area contributed by atoms with Crippen LogP contribution >= 0.6 is 0 Å². The SMILES string of the molecule is Cc1nc(C2CCC(C(C)C)CC2)ncc1C(C)O. The van der Waals surface area contributed by atoms with Gasteiger partial charge in [0.05, 0.1) is 6.10 Å². The Morgan fingerprint density at radius 1 is 1.16 bits per heavy atom. The molecule has 1 aromatic rings. The molecule has 0 radical (unpaired) electrons. The molecular weight excluding hydrogens is 236 g/mol. The molecule has 106 valence electrons. The van der Waals surface area contributed by atoms with E-state index in [4.69, 9.17) is 0 Å². The summed E-state index contributed by atoms with van der Waals surface area (Å²) >= 11 is 0. The molecule has 3 heteroatoms. The van der Waals surface area contributed by atoms with Crippen molar-refractivity contribution < 1.29 is 5.11 Å². The van der Waals surface area contributed by atoms with E-state index in [9.17, 15) is 5.11 Å². The lowest BCUT2D eigenvalue weighted by Gasteiger charge is -2.30. The molecule has 1 saturated carbocycles. The van der Waals surface area contributed by atoms with Gasteiger partial charge >= 0.3 is 0 Å². The maximum Gasteiger partial charge on any atom is 0.131 e. The predicted octanol–water partition coefficient (Wildman–Crippen LogP) is 3.77. The van der Waals surface area contributed by atoms with Crippen LogP contribution in [0.15, 0.2) is 6.20 Å². The van der Waals surface area contributed by atoms with Gasteiger partial charge in [0, 0.05) is 23.4 Å². The minimum atomic E-state index is -0.481. The fraction of sp³-hybridized carbons (Fsp3) is 0.750. The van der Waals surface area contributed by atoms with Gasteiger partial charge in [-0.1, -0.05) is 13.8 Å². The lowest BCUT2D eigenvalue weighted by Crippen LogP contribution is -2.19. The van der Waals surface area contributed by atoms with Gasteiger partial charge in [0.2, 0.25) is 0 Å². The number of aliphatic hydroxyl groups is 1. The van der Waals surface area contributed by atoms with Crippen molar-refractivity contribution >= 4 is 0 Å². The molecule has 19 heavy (non-hydrogen) atoms. The van der Waals surface area contributed by atoms with E-state index in [-0.39, 0.29) is 0 Å². The first-order valence-electron chi connectivity index (χ1n) is 7.50. The van der Waals surface area contributed by atoms with Gasteiger partial charge in [0.25, 0.3) is 0 Å². The first kappa shape index (κ1) is 14.4. The largest absolute Gasteiger partial charge is 0.389 e. The van der Waals surface area contributed by atoms with Crippen LogP contribution in [-0.4, -0.2) is 15.1 Å². The Kier molecular flexibility index (Phi) is 4.56. The van der Waals surface area contributed by atoms with Crippen LogP contribution in [0.2, 0.25) is 0 Å². The van der Waals surface area contributed by atoms with Crippen LogP contribution in [0.5, 0.6) is 0 Å². The van der Waals surface area contributed by atoms with Crippen LogP contribution in [0.25, 0.3) is 0 Å². The summed E-state index contributed by atoms with van der Waals surface area (Å²) in [6.45, 7) is 8.37. The molecule has 0 aliphatic heterocycles. The zero-order valence-corrected chi connectivity index (χ0v) is 12.6. The van der Waals surface area contributed by atoms with Gasteiger partial charge in [-0.25, -0.2) is 9.97 Å². The molecule has 0 aromatic carbocycles. The molecular formula is C16H26N2O. The molecule has 1 heterocycles. The first-order valence-corrected chi connectivity index (χ1v) is 7.50. The van der Waals surface area contributed by atoms with E-state index < -0.39 is 6.10 Å². The van der Waals surface area contributed by atoms with Crippen molar-refractivity contribution in [2.45, 2.75) is 65.4 Å². The third-order valence-electron chi connectivity index (χ3n) is 4.57. The molecule has 0 spiro atoms. The van der Waals surface area contributed by atoms with Crippen molar-refractivity contribution in [2.24, 2.45) is 11.8 Å². The predicted molar refractivity (Wildman–Crippen MR) is 76.9 cm³/mol. The first-order chi connectivity index (χ1) is 8.99. The van der Waals surface area contributed by atoms with Crippen molar-refractivity contribution in [3.05, 3.63) is 23.3 Å². The highest BCUT2D eigenvalue weighted by Crippen LogP contribution is 2.37. The van der Waals surface area contributed by atoms with Gasteiger partial charge in [-0.05, 0) is 51.4 Å².